The maximum Gasteiger partial charge on any atom is 0.305 e. The van der Waals surface area contributed by atoms with Gasteiger partial charge in [0.05, 0.1) is 13.0 Å². The zero-order chi connectivity index (χ0) is 11.3. The molecule has 7 heteroatoms. The van der Waals surface area contributed by atoms with Gasteiger partial charge in [-0.05, 0) is 0 Å². The van der Waals surface area contributed by atoms with Crippen LogP contribution in [0.4, 0.5) is 0 Å². The summed E-state index contributed by atoms with van der Waals surface area (Å²) in [5, 5.41) is 16.1. The van der Waals surface area contributed by atoms with E-state index in [-0.39, 0.29) is 37.9 Å². The molecule has 0 aliphatic carbocycles. The van der Waals surface area contributed by atoms with Gasteiger partial charge in [0.1, 0.15) is 6.04 Å². The van der Waals surface area contributed by atoms with Gasteiger partial charge in [-0.3, -0.25) is 19.7 Å². The smallest absolute Gasteiger partial charge is 0.305 e. The van der Waals surface area contributed by atoms with Crippen molar-refractivity contribution in [1.29, 1.82) is 0 Å². The van der Waals surface area contributed by atoms with Gasteiger partial charge in [-0.2, -0.15) is 0 Å². The van der Waals surface area contributed by atoms with Crippen molar-refractivity contribution in [3.63, 3.8) is 0 Å². The molecule has 1 atom stereocenters. The zero-order valence-corrected chi connectivity index (χ0v) is 8.08. The van der Waals surface area contributed by atoms with Gasteiger partial charge >= 0.3 is 5.97 Å². The van der Waals surface area contributed by atoms with Crippen molar-refractivity contribution in [2.75, 3.05) is 19.6 Å². The molecular formula is C8H13N3O4. The van der Waals surface area contributed by atoms with E-state index in [4.69, 9.17) is 5.11 Å². The highest BCUT2D eigenvalue weighted by Crippen LogP contribution is 1.88. The number of aliphatic carboxylic acids is 1. The van der Waals surface area contributed by atoms with E-state index < -0.39 is 12.0 Å². The summed E-state index contributed by atoms with van der Waals surface area (Å²) in [5.41, 5.74) is 0. The fourth-order valence-corrected chi connectivity index (χ4v) is 1.17. The average molecular weight is 215 g/mol. The fraction of sp³-hybridized carbons (Fsp3) is 0.625. The first-order valence-corrected chi connectivity index (χ1v) is 4.59. The first kappa shape index (κ1) is 11.4. The van der Waals surface area contributed by atoms with E-state index in [1.54, 1.807) is 0 Å². The molecule has 0 saturated carbocycles. The molecule has 1 unspecified atom stereocenters. The Labute approximate surface area is 86.2 Å². The minimum atomic E-state index is -0.958. The summed E-state index contributed by atoms with van der Waals surface area (Å²) in [6.07, 6.45) is -0.106. The fourth-order valence-electron chi connectivity index (χ4n) is 1.17. The number of carbonyl (C=O) groups is 3. The number of nitrogens with one attached hydrogen (secondary N) is 3. The Bertz CT molecular complexity index is 269. The van der Waals surface area contributed by atoms with Crippen molar-refractivity contribution in [2.24, 2.45) is 0 Å². The van der Waals surface area contributed by atoms with Gasteiger partial charge in [-0.25, -0.2) is 0 Å². The number of carboxylic acid groups (broad SMARTS) is 1. The van der Waals surface area contributed by atoms with Crippen LogP contribution in [0.1, 0.15) is 6.42 Å². The molecule has 0 spiro atoms. The lowest BCUT2D eigenvalue weighted by Gasteiger charge is -2.22. The first-order valence-electron chi connectivity index (χ1n) is 4.59. The van der Waals surface area contributed by atoms with Crippen LogP contribution in [0.5, 0.6) is 0 Å². The summed E-state index contributed by atoms with van der Waals surface area (Å²) >= 11 is 0. The van der Waals surface area contributed by atoms with Crippen molar-refractivity contribution < 1.29 is 19.5 Å². The van der Waals surface area contributed by atoms with Gasteiger partial charge in [0.2, 0.25) is 11.8 Å². The topological polar surface area (TPSA) is 108 Å². The second kappa shape index (κ2) is 5.30. The van der Waals surface area contributed by atoms with Gasteiger partial charge in [0.15, 0.2) is 0 Å². The molecule has 1 heterocycles. The Hall–Kier alpha value is -1.63. The number of hydrogen-bond donors (Lipinski definition) is 4. The van der Waals surface area contributed by atoms with E-state index >= 15 is 0 Å². The SMILES string of the molecule is O=C(O)CCNC(=O)C1CNC(=O)CN1. The largest absolute Gasteiger partial charge is 0.481 e. The molecule has 1 rings (SSSR count). The summed E-state index contributed by atoms with van der Waals surface area (Å²) in [6, 6.07) is -0.475. The molecular weight excluding hydrogens is 202 g/mol. The number of amides is 2. The van der Waals surface area contributed by atoms with E-state index in [1.165, 1.54) is 0 Å². The molecule has 0 radical (unpaired) electrons. The Morgan fingerprint density at radius 3 is 2.80 bits per heavy atom. The molecule has 1 fully saturated rings. The van der Waals surface area contributed by atoms with Crippen molar-refractivity contribution in [2.45, 2.75) is 12.5 Å². The predicted octanol–water partition coefficient (Wildman–Crippen LogP) is -2.33. The maximum absolute atomic E-state index is 11.4. The summed E-state index contributed by atoms with van der Waals surface area (Å²) in [7, 11) is 0. The van der Waals surface area contributed by atoms with Crippen LogP contribution in [-0.2, 0) is 14.4 Å². The van der Waals surface area contributed by atoms with Gasteiger partial charge in [-0.15, -0.1) is 0 Å². The van der Waals surface area contributed by atoms with E-state index in [1.807, 2.05) is 0 Å². The zero-order valence-electron chi connectivity index (χ0n) is 8.08. The molecule has 15 heavy (non-hydrogen) atoms. The van der Waals surface area contributed by atoms with Crippen LogP contribution in [-0.4, -0.2) is 48.6 Å². The lowest BCUT2D eigenvalue weighted by atomic mass is 10.2. The van der Waals surface area contributed by atoms with Crippen molar-refractivity contribution in [3.8, 4) is 0 Å². The highest BCUT2D eigenvalue weighted by Gasteiger charge is 2.23. The lowest BCUT2D eigenvalue weighted by molar-refractivity contribution is -0.137. The van der Waals surface area contributed by atoms with E-state index in [2.05, 4.69) is 16.0 Å². The Morgan fingerprint density at radius 2 is 2.27 bits per heavy atom. The third-order valence-corrected chi connectivity index (χ3v) is 1.97. The minimum absolute atomic E-state index is 0.0975. The van der Waals surface area contributed by atoms with Gasteiger partial charge < -0.3 is 15.7 Å². The van der Waals surface area contributed by atoms with Crippen LogP contribution in [0.25, 0.3) is 0 Å². The quantitative estimate of drug-likeness (QED) is 0.420. The van der Waals surface area contributed by atoms with E-state index in [0.717, 1.165) is 0 Å². The highest BCUT2D eigenvalue weighted by atomic mass is 16.4. The molecule has 1 aliphatic heterocycles. The standard InChI is InChI=1S/C8H13N3O4/c12-6-4-10-5(3-11-6)8(15)9-2-1-7(13)14/h5,10H,1-4H2,(H,9,15)(H,11,12)(H,13,14). The maximum atomic E-state index is 11.4. The van der Waals surface area contributed by atoms with Crippen molar-refractivity contribution in [1.82, 2.24) is 16.0 Å². The number of rotatable bonds is 4. The van der Waals surface area contributed by atoms with Gasteiger partial charge in [-0.1, -0.05) is 0 Å². The lowest BCUT2D eigenvalue weighted by Crippen LogP contribution is -2.58. The molecule has 0 aromatic heterocycles. The van der Waals surface area contributed by atoms with Crippen molar-refractivity contribution >= 4 is 17.8 Å². The summed E-state index contributed by atoms with van der Waals surface area (Å²) in [4.78, 5) is 32.3. The third kappa shape index (κ3) is 3.94. The minimum Gasteiger partial charge on any atom is -0.481 e. The predicted molar refractivity (Wildman–Crippen MR) is 50.1 cm³/mol. The molecule has 84 valence electrons. The summed E-state index contributed by atoms with van der Waals surface area (Å²) < 4.78 is 0. The molecule has 0 aromatic carbocycles. The Balaban J connectivity index is 2.22. The molecule has 4 N–H and O–H groups in total. The van der Waals surface area contributed by atoms with Crippen LogP contribution in [0.2, 0.25) is 0 Å². The second-order valence-electron chi connectivity index (χ2n) is 3.17. The van der Waals surface area contributed by atoms with Gasteiger partial charge in [0, 0.05) is 13.1 Å². The van der Waals surface area contributed by atoms with Crippen LogP contribution in [0, 0.1) is 0 Å². The Morgan fingerprint density at radius 1 is 1.53 bits per heavy atom. The number of piperazine rings is 1. The van der Waals surface area contributed by atoms with Crippen LogP contribution >= 0.6 is 0 Å². The molecule has 7 nitrogen and oxygen atoms in total. The molecule has 0 aromatic rings. The Kier molecular flexibility index (Phi) is 4.04. The van der Waals surface area contributed by atoms with Crippen molar-refractivity contribution in [3.05, 3.63) is 0 Å². The third-order valence-electron chi connectivity index (χ3n) is 1.97. The number of hydrogen-bond acceptors (Lipinski definition) is 4. The summed E-state index contributed by atoms with van der Waals surface area (Å²) in [6.45, 7) is 0.440. The second-order valence-corrected chi connectivity index (χ2v) is 3.17. The number of carboxylic acids is 1. The van der Waals surface area contributed by atoms with Crippen LogP contribution in [0.3, 0.4) is 0 Å². The first-order chi connectivity index (χ1) is 7.09. The molecule has 0 bridgehead atoms. The van der Waals surface area contributed by atoms with Gasteiger partial charge in [0.25, 0.3) is 0 Å². The number of carbonyl (C=O) groups excluding carboxylic acids is 2. The molecule has 2 amide bonds. The van der Waals surface area contributed by atoms with Crippen LogP contribution in [0.15, 0.2) is 0 Å². The van der Waals surface area contributed by atoms with Crippen LogP contribution < -0.4 is 16.0 Å². The monoisotopic (exact) mass is 215 g/mol. The molecule has 1 aliphatic rings. The average Bonchev–Trinajstić information content (AvgIpc) is 2.18. The summed E-state index contributed by atoms with van der Waals surface area (Å²) in [5.74, 6) is -1.40. The van der Waals surface area contributed by atoms with E-state index in [0.29, 0.717) is 0 Å². The van der Waals surface area contributed by atoms with E-state index in [9.17, 15) is 14.4 Å². The molecule has 1 saturated heterocycles. The highest BCUT2D eigenvalue weighted by molar-refractivity contribution is 5.86. The normalized spacial score (nSPS) is 20.5.